The van der Waals surface area contributed by atoms with Crippen LogP contribution in [0.4, 0.5) is 0 Å². The summed E-state index contributed by atoms with van der Waals surface area (Å²) in [6.45, 7) is 8.56. The Morgan fingerprint density at radius 3 is 2.72 bits per heavy atom. The quantitative estimate of drug-likeness (QED) is 0.534. The molecule has 1 amide bonds. The van der Waals surface area contributed by atoms with Crippen LogP contribution in [0.1, 0.15) is 31.4 Å². The molecule has 1 aromatic carbocycles. The first kappa shape index (κ1) is 19.2. The van der Waals surface area contributed by atoms with Gasteiger partial charge >= 0.3 is 0 Å². The van der Waals surface area contributed by atoms with Crippen molar-refractivity contribution in [2.24, 2.45) is 22.6 Å². The van der Waals surface area contributed by atoms with E-state index in [2.05, 4.69) is 36.3 Å². The molecule has 1 aromatic rings. The zero-order valence-corrected chi connectivity index (χ0v) is 15.4. The van der Waals surface area contributed by atoms with Crippen LogP contribution < -0.4 is 15.8 Å². The molecule has 0 fully saturated rings. The van der Waals surface area contributed by atoms with E-state index in [1.54, 1.807) is 18.4 Å². The fourth-order valence-electron chi connectivity index (χ4n) is 2.61. The van der Waals surface area contributed by atoms with Gasteiger partial charge in [-0.05, 0) is 62.0 Å². The van der Waals surface area contributed by atoms with Crippen LogP contribution in [0.2, 0.25) is 0 Å². The van der Waals surface area contributed by atoms with Gasteiger partial charge in [0, 0.05) is 6.21 Å². The zero-order valence-electron chi connectivity index (χ0n) is 15.4. The number of aliphatic imine (C=N–C) groups is 1. The summed E-state index contributed by atoms with van der Waals surface area (Å²) in [7, 11) is 0. The van der Waals surface area contributed by atoms with Crippen LogP contribution in [0, 0.1) is 18.8 Å². The number of nitrogens with two attached hydrogens (primary N) is 1. The average molecular weight is 343 g/mol. The van der Waals surface area contributed by atoms with Crippen LogP contribution >= 0.6 is 0 Å². The van der Waals surface area contributed by atoms with E-state index >= 15 is 0 Å². The smallest absolute Gasteiger partial charge is 0.229 e. The number of rotatable bonds is 9. The van der Waals surface area contributed by atoms with Crippen LogP contribution in [0.5, 0.6) is 5.75 Å². The normalized spacial score (nSPS) is 19.4. The predicted molar refractivity (Wildman–Crippen MR) is 102 cm³/mol. The van der Waals surface area contributed by atoms with Gasteiger partial charge in [0.15, 0.2) is 0 Å². The summed E-state index contributed by atoms with van der Waals surface area (Å²) in [6, 6.07) is 6.24. The second kappa shape index (κ2) is 9.37. The van der Waals surface area contributed by atoms with E-state index in [0.717, 1.165) is 36.7 Å². The highest BCUT2D eigenvalue weighted by atomic mass is 16.5. The monoisotopic (exact) mass is 343 g/mol. The van der Waals surface area contributed by atoms with Gasteiger partial charge in [-0.1, -0.05) is 32.1 Å². The molecule has 0 spiro atoms. The lowest BCUT2D eigenvalue weighted by atomic mass is 10.1. The fraction of sp³-hybridized carbons (Fsp3) is 0.500. The van der Waals surface area contributed by atoms with E-state index in [0.29, 0.717) is 0 Å². The standard InChI is InChI=1S/C20H29N3O2/c1-14(2)8-10-22-11-9-16-4-6-18(15(3)12-16)25-19-7-5-17(13-23-19)20(21)24/h4-7,12-14,17,19,22H,8-11H2,1-3H3,(H2,21,24). The average Bonchev–Trinajstić information content (AvgIpc) is 2.57. The number of benzene rings is 1. The lowest BCUT2D eigenvalue weighted by molar-refractivity contribution is -0.118. The van der Waals surface area contributed by atoms with Crippen LogP contribution in [0.3, 0.4) is 0 Å². The number of carbonyl (C=O) groups excluding carboxylic acids is 1. The van der Waals surface area contributed by atoms with Gasteiger partial charge in [-0.2, -0.15) is 0 Å². The first-order valence-corrected chi connectivity index (χ1v) is 8.93. The summed E-state index contributed by atoms with van der Waals surface area (Å²) in [5.41, 5.74) is 7.63. The maximum atomic E-state index is 11.1. The molecule has 5 heteroatoms. The molecule has 3 N–H and O–H groups in total. The summed E-state index contributed by atoms with van der Waals surface area (Å²) in [5, 5.41) is 3.48. The van der Waals surface area contributed by atoms with Gasteiger partial charge in [-0.15, -0.1) is 0 Å². The van der Waals surface area contributed by atoms with E-state index in [1.165, 1.54) is 12.0 Å². The minimum Gasteiger partial charge on any atom is -0.465 e. The molecule has 0 radical (unpaired) electrons. The molecule has 0 saturated heterocycles. The molecule has 2 rings (SSSR count). The molecule has 0 saturated carbocycles. The Balaban J connectivity index is 1.83. The molecule has 0 aromatic heterocycles. The summed E-state index contributed by atoms with van der Waals surface area (Å²) in [6.07, 6.45) is 6.84. The number of primary amides is 1. The highest BCUT2D eigenvalue weighted by Gasteiger charge is 2.16. The number of hydrogen-bond acceptors (Lipinski definition) is 4. The van der Waals surface area contributed by atoms with E-state index in [-0.39, 0.29) is 0 Å². The lowest BCUT2D eigenvalue weighted by Gasteiger charge is -2.18. The van der Waals surface area contributed by atoms with Crippen molar-refractivity contribution >= 4 is 12.1 Å². The summed E-state index contributed by atoms with van der Waals surface area (Å²) < 4.78 is 5.89. The van der Waals surface area contributed by atoms with Crippen molar-refractivity contribution in [1.29, 1.82) is 0 Å². The zero-order chi connectivity index (χ0) is 18.2. The highest BCUT2D eigenvalue weighted by molar-refractivity contribution is 5.94. The van der Waals surface area contributed by atoms with Crippen LogP contribution in [0.25, 0.3) is 0 Å². The van der Waals surface area contributed by atoms with Gasteiger partial charge in [-0.25, -0.2) is 4.99 Å². The number of dihydropyridines is 1. The maximum absolute atomic E-state index is 11.1. The van der Waals surface area contributed by atoms with E-state index < -0.39 is 18.1 Å². The van der Waals surface area contributed by atoms with Crippen molar-refractivity contribution in [1.82, 2.24) is 5.32 Å². The van der Waals surface area contributed by atoms with E-state index in [4.69, 9.17) is 10.5 Å². The molecule has 1 aliphatic heterocycles. The van der Waals surface area contributed by atoms with Crippen molar-refractivity contribution in [3.63, 3.8) is 0 Å². The Morgan fingerprint density at radius 1 is 1.32 bits per heavy atom. The predicted octanol–water partition coefficient (Wildman–Crippen LogP) is 2.62. The third kappa shape index (κ3) is 6.35. The van der Waals surface area contributed by atoms with E-state index in [9.17, 15) is 4.79 Å². The summed E-state index contributed by atoms with van der Waals surface area (Å²) in [5.74, 6) is 0.703. The maximum Gasteiger partial charge on any atom is 0.229 e. The van der Waals surface area contributed by atoms with Gasteiger partial charge in [0.2, 0.25) is 12.1 Å². The SMILES string of the molecule is Cc1cc(CCNCCC(C)C)ccc1OC1C=CC(C(N)=O)C=N1. The lowest BCUT2D eigenvalue weighted by Crippen LogP contribution is -2.27. The number of aryl methyl sites for hydroxylation is 1. The number of amides is 1. The molecule has 136 valence electrons. The molecule has 2 atom stereocenters. The van der Waals surface area contributed by atoms with Gasteiger partial charge in [0.1, 0.15) is 5.75 Å². The van der Waals surface area contributed by atoms with Crippen molar-refractivity contribution in [3.8, 4) is 5.75 Å². The fourth-order valence-corrected chi connectivity index (χ4v) is 2.61. The van der Waals surface area contributed by atoms with Crippen molar-refractivity contribution in [3.05, 3.63) is 41.5 Å². The highest BCUT2D eigenvalue weighted by Crippen LogP contribution is 2.22. The van der Waals surface area contributed by atoms with Crippen molar-refractivity contribution in [2.45, 2.75) is 39.8 Å². The Labute approximate surface area is 150 Å². The molecule has 1 heterocycles. The van der Waals surface area contributed by atoms with E-state index in [1.807, 2.05) is 13.0 Å². The molecular formula is C20H29N3O2. The van der Waals surface area contributed by atoms with Gasteiger partial charge in [0.25, 0.3) is 0 Å². The molecule has 1 aliphatic rings. The Bertz CT molecular complexity index is 624. The number of ether oxygens (including phenoxy) is 1. The summed E-state index contributed by atoms with van der Waals surface area (Å²) >= 11 is 0. The van der Waals surface area contributed by atoms with Crippen molar-refractivity contribution < 1.29 is 9.53 Å². The minimum atomic E-state index is -0.438. The number of hydrogen-bond donors (Lipinski definition) is 2. The molecule has 2 unspecified atom stereocenters. The molecular weight excluding hydrogens is 314 g/mol. The number of nitrogens with zero attached hydrogens (tertiary/aromatic N) is 1. The third-order valence-electron chi connectivity index (χ3n) is 4.18. The Hall–Kier alpha value is -2.14. The first-order valence-electron chi connectivity index (χ1n) is 8.93. The molecule has 5 nitrogen and oxygen atoms in total. The van der Waals surface area contributed by atoms with Gasteiger partial charge in [-0.3, -0.25) is 4.79 Å². The van der Waals surface area contributed by atoms with Crippen LogP contribution in [0.15, 0.2) is 35.3 Å². The Morgan fingerprint density at radius 2 is 2.12 bits per heavy atom. The summed E-state index contributed by atoms with van der Waals surface area (Å²) in [4.78, 5) is 15.3. The number of carbonyl (C=O) groups is 1. The van der Waals surface area contributed by atoms with Gasteiger partial charge < -0.3 is 15.8 Å². The van der Waals surface area contributed by atoms with Crippen LogP contribution in [-0.4, -0.2) is 31.4 Å². The topological polar surface area (TPSA) is 76.7 Å². The first-order chi connectivity index (χ1) is 12.0. The van der Waals surface area contributed by atoms with Crippen LogP contribution in [-0.2, 0) is 11.2 Å². The Kier molecular flexibility index (Phi) is 7.19. The minimum absolute atomic E-state index is 0.402. The van der Waals surface area contributed by atoms with Gasteiger partial charge in [0.05, 0.1) is 5.92 Å². The molecule has 0 bridgehead atoms. The largest absolute Gasteiger partial charge is 0.465 e. The third-order valence-corrected chi connectivity index (χ3v) is 4.18. The van der Waals surface area contributed by atoms with Crippen molar-refractivity contribution in [2.75, 3.05) is 13.1 Å². The molecule has 0 aliphatic carbocycles. The second-order valence-electron chi connectivity index (χ2n) is 6.90. The number of nitrogens with one attached hydrogen (secondary N) is 1. The molecule has 25 heavy (non-hydrogen) atoms. The second-order valence-corrected chi connectivity index (χ2v) is 6.90.